The zero-order valence-electron chi connectivity index (χ0n) is 17.2. The third kappa shape index (κ3) is 3.64. The molecule has 0 saturated heterocycles. The van der Waals surface area contributed by atoms with E-state index in [1.54, 1.807) is 45.3 Å². The fraction of sp³-hybridized carbons (Fsp3) is 0.182. The zero-order valence-corrected chi connectivity index (χ0v) is 20.4. The number of hydrogen-bond donors (Lipinski definition) is 0. The predicted octanol–water partition coefficient (Wildman–Crippen LogP) is 3.80. The van der Waals surface area contributed by atoms with E-state index in [4.69, 9.17) is 0 Å². The standard InChI is InChI=1S/C22H18F2N3OS4/c1-3-27-17(10-16-26(7-9-30-16)11-13-6-8-29-12-13)31-20(21(27)28)22-25(2)15-5-4-14(23)18(24)19(15)32-22/h4-10,12H,3,11H2,1-2H3/q+1/b22-20+. The molecule has 0 spiro atoms. The van der Waals surface area contributed by atoms with Crippen molar-refractivity contribution in [2.45, 2.75) is 24.9 Å². The Labute approximate surface area is 199 Å². The Morgan fingerprint density at radius 1 is 1.19 bits per heavy atom. The topological polar surface area (TPSA) is 29.1 Å². The predicted molar refractivity (Wildman–Crippen MR) is 129 cm³/mol. The van der Waals surface area contributed by atoms with Crippen LogP contribution in [0.3, 0.4) is 0 Å². The number of rotatable bonds is 4. The number of nitrogens with zero attached hydrogens (tertiary/aromatic N) is 3. The average molecular weight is 507 g/mol. The van der Waals surface area contributed by atoms with Crippen LogP contribution in [0.1, 0.15) is 17.5 Å². The highest BCUT2D eigenvalue weighted by atomic mass is 32.2. The molecule has 0 saturated carbocycles. The smallest absolute Gasteiger partial charge is 0.271 e. The van der Waals surface area contributed by atoms with Gasteiger partial charge in [-0.3, -0.25) is 9.36 Å². The lowest BCUT2D eigenvalue weighted by Gasteiger charge is -2.12. The third-order valence-electron chi connectivity index (χ3n) is 5.21. The van der Waals surface area contributed by atoms with E-state index in [2.05, 4.69) is 21.4 Å². The van der Waals surface area contributed by atoms with Gasteiger partial charge in [0.05, 0.1) is 22.0 Å². The number of thioether (sulfide) groups is 1. The molecular weight excluding hydrogens is 489 g/mol. The Morgan fingerprint density at radius 2 is 2.03 bits per heavy atom. The summed E-state index contributed by atoms with van der Waals surface area (Å²) in [7, 11) is 1.78. The minimum absolute atomic E-state index is 0.118. The molecule has 0 atom stereocenters. The van der Waals surface area contributed by atoms with Gasteiger partial charge in [-0.1, -0.05) is 23.1 Å². The molecule has 0 fully saturated rings. The Morgan fingerprint density at radius 3 is 2.78 bits per heavy atom. The van der Waals surface area contributed by atoms with Gasteiger partial charge in [-0.25, -0.2) is 8.78 Å². The second kappa shape index (κ2) is 8.58. The van der Waals surface area contributed by atoms with Crippen molar-refractivity contribution in [3.63, 3.8) is 0 Å². The summed E-state index contributed by atoms with van der Waals surface area (Å²) in [6, 6.07) is 4.77. The first-order valence-electron chi connectivity index (χ1n) is 9.81. The number of benzene rings is 1. The van der Waals surface area contributed by atoms with Crippen LogP contribution < -0.4 is 24.2 Å². The summed E-state index contributed by atoms with van der Waals surface area (Å²) in [6.45, 7) is 3.22. The largest absolute Gasteiger partial charge is 0.337 e. The lowest BCUT2D eigenvalue weighted by atomic mass is 10.3. The van der Waals surface area contributed by atoms with E-state index < -0.39 is 11.6 Å². The lowest BCUT2D eigenvalue weighted by Crippen LogP contribution is -2.36. The van der Waals surface area contributed by atoms with Gasteiger partial charge in [0.25, 0.3) is 10.6 Å². The van der Waals surface area contributed by atoms with Gasteiger partial charge in [0.1, 0.15) is 14.2 Å². The van der Waals surface area contributed by atoms with Crippen molar-refractivity contribution in [2.24, 2.45) is 0 Å². The summed E-state index contributed by atoms with van der Waals surface area (Å²) in [5, 5.41) is 7.89. The van der Waals surface area contributed by atoms with E-state index in [1.807, 2.05) is 24.6 Å². The van der Waals surface area contributed by atoms with Crippen LogP contribution in [0.5, 0.6) is 0 Å². The Balaban J connectivity index is 1.64. The van der Waals surface area contributed by atoms with Crippen molar-refractivity contribution >= 4 is 62.6 Å². The summed E-state index contributed by atoms with van der Waals surface area (Å²) < 4.78 is 33.3. The monoisotopic (exact) mass is 506 g/mol. The van der Waals surface area contributed by atoms with Crippen molar-refractivity contribution in [3.8, 4) is 0 Å². The number of thiazole rings is 2. The van der Waals surface area contributed by atoms with E-state index in [0.29, 0.717) is 21.8 Å². The van der Waals surface area contributed by atoms with Crippen molar-refractivity contribution in [1.29, 1.82) is 0 Å². The fourth-order valence-corrected chi connectivity index (χ4v) is 7.57. The maximum absolute atomic E-state index is 14.3. The number of thiophene rings is 1. The molecule has 0 unspecified atom stereocenters. The van der Waals surface area contributed by atoms with E-state index in [9.17, 15) is 13.6 Å². The molecule has 32 heavy (non-hydrogen) atoms. The van der Waals surface area contributed by atoms with Crippen molar-refractivity contribution in [3.05, 3.63) is 82.3 Å². The average Bonchev–Trinajstić information content (AvgIpc) is 3.55. The SMILES string of the molecule is CCn1c(=O)/c(=C2\Sc3c(ccc(F)c3F)N2C)s/c1=C\c1scc[n+]1Cc1ccsc1. The fourth-order valence-electron chi connectivity index (χ4n) is 3.57. The molecule has 164 valence electrons. The number of hydrogen-bond acceptors (Lipinski definition) is 6. The Hall–Kier alpha value is -2.27. The van der Waals surface area contributed by atoms with Gasteiger partial charge in [0.15, 0.2) is 24.4 Å². The number of aromatic nitrogens is 2. The van der Waals surface area contributed by atoms with Crippen LogP contribution in [-0.2, 0) is 13.1 Å². The van der Waals surface area contributed by atoms with Gasteiger partial charge in [-0.05, 0) is 30.5 Å². The van der Waals surface area contributed by atoms with Crippen LogP contribution in [0.2, 0.25) is 0 Å². The van der Waals surface area contributed by atoms with E-state index >= 15 is 0 Å². The van der Waals surface area contributed by atoms with Gasteiger partial charge in [0.2, 0.25) is 0 Å². The molecule has 4 nitrogen and oxygen atoms in total. The van der Waals surface area contributed by atoms with E-state index in [-0.39, 0.29) is 10.5 Å². The summed E-state index contributed by atoms with van der Waals surface area (Å²) in [5.74, 6) is -1.76. The summed E-state index contributed by atoms with van der Waals surface area (Å²) in [5.41, 5.74) is 1.68. The quantitative estimate of drug-likeness (QED) is 0.395. The molecule has 10 heteroatoms. The number of fused-ring (bicyclic) bond motifs is 1. The molecule has 0 amide bonds. The van der Waals surface area contributed by atoms with Crippen LogP contribution in [0.25, 0.3) is 11.1 Å². The Kier molecular flexibility index (Phi) is 5.79. The molecule has 3 aromatic heterocycles. The summed E-state index contributed by atoms with van der Waals surface area (Å²) >= 11 is 5.78. The molecular formula is C22H18F2N3OS4+. The molecule has 5 rings (SSSR count). The highest BCUT2D eigenvalue weighted by molar-refractivity contribution is 8.08. The van der Waals surface area contributed by atoms with Crippen LogP contribution in [-0.4, -0.2) is 11.6 Å². The molecule has 0 aliphatic carbocycles. The lowest BCUT2D eigenvalue weighted by molar-refractivity contribution is -0.685. The van der Waals surface area contributed by atoms with Crippen molar-refractivity contribution < 1.29 is 13.3 Å². The first-order chi connectivity index (χ1) is 15.5. The van der Waals surface area contributed by atoms with Crippen molar-refractivity contribution in [1.82, 2.24) is 4.57 Å². The molecule has 1 aliphatic heterocycles. The minimum Gasteiger partial charge on any atom is -0.337 e. The second-order valence-corrected chi connectivity index (χ2v) is 10.9. The molecule has 0 N–H and O–H groups in total. The molecule has 0 bridgehead atoms. The van der Waals surface area contributed by atoms with Crippen LogP contribution >= 0.6 is 45.8 Å². The third-order valence-corrected chi connectivity index (χ3v) is 9.31. The number of anilines is 1. The molecule has 1 aliphatic rings. The maximum atomic E-state index is 14.3. The van der Waals surface area contributed by atoms with Gasteiger partial charge in [-0.2, -0.15) is 15.9 Å². The van der Waals surface area contributed by atoms with Crippen molar-refractivity contribution in [2.75, 3.05) is 11.9 Å². The number of halogens is 2. The van der Waals surface area contributed by atoms with Gasteiger partial charge in [-0.15, -0.1) is 11.3 Å². The van der Waals surface area contributed by atoms with Crippen LogP contribution in [0.4, 0.5) is 14.5 Å². The van der Waals surface area contributed by atoms with Gasteiger partial charge < -0.3 is 4.90 Å². The summed E-state index contributed by atoms with van der Waals surface area (Å²) in [6.07, 6.45) is 4.07. The second-order valence-electron chi connectivity index (χ2n) is 7.14. The van der Waals surface area contributed by atoms with E-state index in [0.717, 1.165) is 34.0 Å². The molecule has 0 radical (unpaired) electrons. The maximum Gasteiger partial charge on any atom is 0.271 e. The minimum atomic E-state index is -0.884. The van der Waals surface area contributed by atoms with Crippen LogP contribution in [0, 0.1) is 11.6 Å². The molecule has 4 heterocycles. The Bertz CT molecular complexity index is 1480. The highest BCUT2D eigenvalue weighted by Gasteiger charge is 2.29. The van der Waals surface area contributed by atoms with Gasteiger partial charge >= 0.3 is 0 Å². The normalized spacial score (nSPS) is 15.6. The highest BCUT2D eigenvalue weighted by Crippen LogP contribution is 2.47. The van der Waals surface area contributed by atoms with Crippen LogP contribution in [0.15, 0.2) is 50.2 Å². The molecule has 4 aromatic rings. The first kappa shape index (κ1) is 21.6. The zero-order chi connectivity index (χ0) is 22.4. The van der Waals surface area contributed by atoms with Gasteiger partial charge in [0, 0.05) is 24.5 Å². The molecule has 1 aromatic carbocycles. The first-order valence-corrected chi connectivity index (χ1v) is 13.3. The summed E-state index contributed by atoms with van der Waals surface area (Å²) in [4.78, 5) is 15.2. The van der Waals surface area contributed by atoms with E-state index in [1.165, 1.54) is 16.9 Å².